The average molecular weight is 252 g/mol. The van der Waals surface area contributed by atoms with E-state index < -0.39 is 0 Å². The van der Waals surface area contributed by atoms with Crippen molar-refractivity contribution in [2.45, 2.75) is 45.1 Å². The van der Waals surface area contributed by atoms with E-state index in [1.807, 2.05) is 18.2 Å². The van der Waals surface area contributed by atoms with Crippen molar-refractivity contribution >= 4 is 11.6 Å². The molecule has 0 radical (unpaired) electrons. The lowest BCUT2D eigenvalue weighted by Gasteiger charge is -2.43. The van der Waals surface area contributed by atoms with E-state index in [0.717, 1.165) is 23.8 Å². The molecule has 1 aliphatic carbocycles. The summed E-state index contributed by atoms with van der Waals surface area (Å²) in [7, 11) is 0. The van der Waals surface area contributed by atoms with Crippen molar-refractivity contribution in [1.82, 2.24) is 0 Å². The third-order valence-corrected chi connectivity index (χ3v) is 4.91. The lowest BCUT2D eigenvalue weighted by Crippen LogP contribution is -2.52. The van der Waals surface area contributed by atoms with Gasteiger partial charge >= 0.3 is 0 Å². The summed E-state index contributed by atoms with van der Waals surface area (Å²) in [6.07, 6.45) is 4.57. The second-order valence-electron chi connectivity index (χ2n) is 5.66. The largest absolute Gasteiger partial charge is 0.325 e. The maximum Gasteiger partial charge on any atom is 0.0438 e. The SMILES string of the molecule is CC1CCCC(N)(Cc2ccccc2Cl)C1C. The van der Waals surface area contributed by atoms with Gasteiger partial charge in [0.05, 0.1) is 0 Å². The second kappa shape index (κ2) is 4.99. The minimum Gasteiger partial charge on any atom is -0.325 e. The van der Waals surface area contributed by atoms with E-state index in [2.05, 4.69) is 19.9 Å². The molecule has 0 aromatic heterocycles. The standard InChI is InChI=1S/C15H22ClN/c1-11-6-5-9-15(17,12(11)2)10-13-7-3-4-8-14(13)16/h3-4,7-8,11-12H,5-6,9-10,17H2,1-2H3. The molecule has 2 heteroatoms. The molecule has 0 spiro atoms. The molecule has 1 aliphatic rings. The van der Waals surface area contributed by atoms with Crippen LogP contribution in [0.25, 0.3) is 0 Å². The van der Waals surface area contributed by atoms with Gasteiger partial charge in [0.1, 0.15) is 0 Å². The second-order valence-corrected chi connectivity index (χ2v) is 6.07. The van der Waals surface area contributed by atoms with Gasteiger partial charge in [0, 0.05) is 10.6 Å². The van der Waals surface area contributed by atoms with Gasteiger partial charge in [-0.25, -0.2) is 0 Å². The molecule has 0 heterocycles. The summed E-state index contributed by atoms with van der Waals surface area (Å²) in [5.74, 6) is 1.28. The monoisotopic (exact) mass is 251 g/mol. The molecular weight excluding hydrogens is 230 g/mol. The van der Waals surface area contributed by atoms with Crippen LogP contribution in [0.2, 0.25) is 5.02 Å². The maximum atomic E-state index is 6.64. The molecule has 0 amide bonds. The molecule has 0 aliphatic heterocycles. The Hall–Kier alpha value is -0.530. The third-order valence-electron chi connectivity index (χ3n) is 4.54. The van der Waals surface area contributed by atoms with Crippen LogP contribution in [0, 0.1) is 11.8 Å². The highest BCUT2D eigenvalue weighted by Crippen LogP contribution is 2.38. The van der Waals surface area contributed by atoms with Crippen molar-refractivity contribution in [3.05, 3.63) is 34.9 Å². The van der Waals surface area contributed by atoms with Gasteiger partial charge in [0.15, 0.2) is 0 Å². The van der Waals surface area contributed by atoms with Crippen LogP contribution in [-0.2, 0) is 6.42 Å². The van der Waals surface area contributed by atoms with Crippen LogP contribution in [0.5, 0.6) is 0 Å². The fraction of sp³-hybridized carbons (Fsp3) is 0.600. The Balaban J connectivity index is 2.19. The van der Waals surface area contributed by atoms with Crippen molar-refractivity contribution in [3.63, 3.8) is 0 Å². The van der Waals surface area contributed by atoms with Gasteiger partial charge in [0.25, 0.3) is 0 Å². The van der Waals surface area contributed by atoms with E-state index in [0.29, 0.717) is 5.92 Å². The number of halogens is 1. The Morgan fingerprint density at radius 1 is 1.35 bits per heavy atom. The maximum absolute atomic E-state index is 6.64. The quantitative estimate of drug-likeness (QED) is 0.844. The molecule has 0 bridgehead atoms. The van der Waals surface area contributed by atoms with Crippen molar-refractivity contribution in [2.24, 2.45) is 17.6 Å². The van der Waals surface area contributed by atoms with Crippen molar-refractivity contribution in [2.75, 3.05) is 0 Å². The van der Waals surface area contributed by atoms with Crippen LogP contribution in [0.15, 0.2) is 24.3 Å². The Morgan fingerprint density at radius 2 is 2.06 bits per heavy atom. The van der Waals surface area contributed by atoms with Crippen molar-refractivity contribution in [3.8, 4) is 0 Å². The molecule has 3 unspecified atom stereocenters. The Kier molecular flexibility index (Phi) is 3.79. The smallest absolute Gasteiger partial charge is 0.0438 e. The van der Waals surface area contributed by atoms with Gasteiger partial charge in [-0.05, 0) is 36.3 Å². The normalized spacial score (nSPS) is 33.6. The molecule has 0 saturated heterocycles. The van der Waals surface area contributed by atoms with Crippen LogP contribution in [0.3, 0.4) is 0 Å². The molecule has 94 valence electrons. The van der Waals surface area contributed by atoms with Gasteiger partial charge in [-0.15, -0.1) is 0 Å². The molecule has 17 heavy (non-hydrogen) atoms. The van der Waals surface area contributed by atoms with E-state index in [1.54, 1.807) is 0 Å². The first-order chi connectivity index (χ1) is 8.03. The first kappa shape index (κ1) is 12.9. The molecule has 2 N–H and O–H groups in total. The fourth-order valence-electron chi connectivity index (χ4n) is 3.04. The van der Waals surface area contributed by atoms with Crippen LogP contribution in [0.4, 0.5) is 0 Å². The summed E-state index contributed by atoms with van der Waals surface area (Å²) in [6.45, 7) is 4.61. The fourth-order valence-corrected chi connectivity index (χ4v) is 3.25. The number of benzene rings is 1. The van der Waals surface area contributed by atoms with E-state index in [9.17, 15) is 0 Å². The van der Waals surface area contributed by atoms with Crippen LogP contribution >= 0.6 is 11.6 Å². The Morgan fingerprint density at radius 3 is 2.76 bits per heavy atom. The Labute approximate surface area is 109 Å². The molecule has 3 atom stereocenters. The average Bonchev–Trinajstić information content (AvgIpc) is 2.29. The molecule has 1 saturated carbocycles. The summed E-state index contributed by atoms with van der Waals surface area (Å²) in [5, 5.41) is 0.850. The van der Waals surface area contributed by atoms with E-state index >= 15 is 0 Å². The predicted molar refractivity (Wildman–Crippen MR) is 74.3 cm³/mol. The van der Waals surface area contributed by atoms with E-state index in [4.69, 9.17) is 17.3 Å². The lowest BCUT2D eigenvalue weighted by atomic mass is 9.66. The zero-order valence-electron chi connectivity index (χ0n) is 10.7. The van der Waals surface area contributed by atoms with Crippen LogP contribution < -0.4 is 5.73 Å². The molecule has 1 aromatic rings. The summed E-state index contributed by atoms with van der Waals surface area (Å²) >= 11 is 6.23. The summed E-state index contributed by atoms with van der Waals surface area (Å²) in [5.41, 5.74) is 7.75. The molecular formula is C15H22ClN. The number of hydrogen-bond acceptors (Lipinski definition) is 1. The van der Waals surface area contributed by atoms with Crippen LogP contribution in [0.1, 0.15) is 38.7 Å². The molecule has 1 fully saturated rings. The van der Waals surface area contributed by atoms with E-state index in [-0.39, 0.29) is 5.54 Å². The zero-order chi connectivity index (χ0) is 12.5. The number of hydrogen-bond donors (Lipinski definition) is 1. The van der Waals surface area contributed by atoms with Gasteiger partial charge in [0.2, 0.25) is 0 Å². The van der Waals surface area contributed by atoms with Crippen molar-refractivity contribution < 1.29 is 0 Å². The molecule has 1 nitrogen and oxygen atoms in total. The number of rotatable bonds is 2. The van der Waals surface area contributed by atoms with Gasteiger partial charge < -0.3 is 5.73 Å². The Bertz CT molecular complexity index is 390. The summed E-state index contributed by atoms with van der Waals surface area (Å²) in [4.78, 5) is 0. The third kappa shape index (κ3) is 2.66. The molecule has 1 aromatic carbocycles. The zero-order valence-corrected chi connectivity index (χ0v) is 11.5. The minimum atomic E-state index is -0.0807. The molecule has 2 rings (SSSR count). The van der Waals surface area contributed by atoms with Gasteiger partial charge in [-0.2, -0.15) is 0 Å². The predicted octanol–water partition coefficient (Wildman–Crippen LogP) is 4.04. The topological polar surface area (TPSA) is 26.0 Å². The van der Waals surface area contributed by atoms with Crippen LogP contribution in [-0.4, -0.2) is 5.54 Å². The highest BCUT2D eigenvalue weighted by Gasteiger charge is 2.38. The van der Waals surface area contributed by atoms with Gasteiger partial charge in [-0.3, -0.25) is 0 Å². The number of nitrogens with two attached hydrogens (primary N) is 1. The van der Waals surface area contributed by atoms with E-state index in [1.165, 1.54) is 18.4 Å². The first-order valence-corrected chi connectivity index (χ1v) is 6.93. The summed E-state index contributed by atoms with van der Waals surface area (Å²) in [6, 6.07) is 8.07. The van der Waals surface area contributed by atoms with Gasteiger partial charge in [-0.1, -0.05) is 56.5 Å². The van der Waals surface area contributed by atoms with Crippen molar-refractivity contribution in [1.29, 1.82) is 0 Å². The summed E-state index contributed by atoms with van der Waals surface area (Å²) < 4.78 is 0. The highest BCUT2D eigenvalue weighted by molar-refractivity contribution is 6.31. The first-order valence-electron chi connectivity index (χ1n) is 6.55. The highest BCUT2D eigenvalue weighted by atomic mass is 35.5. The lowest BCUT2D eigenvalue weighted by molar-refractivity contribution is 0.143. The minimum absolute atomic E-state index is 0.0807.